The third-order valence-corrected chi connectivity index (χ3v) is 4.28. The van der Waals surface area contributed by atoms with Gasteiger partial charge in [-0.2, -0.15) is 13.2 Å². The van der Waals surface area contributed by atoms with Gasteiger partial charge in [0.05, 0.1) is 11.1 Å². The number of nitrogens with two attached hydrogens (primary N) is 1. The Morgan fingerprint density at radius 3 is 2.57 bits per heavy atom. The van der Waals surface area contributed by atoms with Gasteiger partial charge in [-0.25, -0.2) is 0 Å². The van der Waals surface area contributed by atoms with Gasteiger partial charge in [0.15, 0.2) is 5.78 Å². The molecule has 116 valence electrons. The van der Waals surface area contributed by atoms with Crippen LogP contribution in [0.25, 0.3) is 0 Å². The molecule has 0 heterocycles. The normalized spacial score (nSPS) is 26.7. The molecule has 1 fully saturated rings. The smallest absolute Gasteiger partial charge is 0.319 e. The molecule has 0 amide bonds. The van der Waals surface area contributed by atoms with Gasteiger partial charge in [-0.05, 0) is 43.4 Å². The van der Waals surface area contributed by atoms with Crippen LogP contribution < -0.4 is 5.73 Å². The first-order valence-corrected chi connectivity index (χ1v) is 7.15. The summed E-state index contributed by atoms with van der Waals surface area (Å²) in [4.78, 5) is 12.6. The van der Waals surface area contributed by atoms with Crippen molar-refractivity contribution in [3.05, 3.63) is 34.9 Å². The molecule has 2 N–H and O–H groups in total. The minimum Gasteiger partial charge on any atom is -0.319 e. The lowest BCUT2D eigenvalue weighted by atomic mass is 9.72. The van der Waals surface area contributed by atoms with Gasteiger partial charge >= 0.3 is 6.18 Å². The minimum atomic E-state index is -4.40. The Hall–Kier alpha value is -1.36. The summed E-state index contributed by atoms with van der Waals surface area (Å²) in [7, 11) is 0. The average molecular weight is 299 g/mol. The van der Waals surface area contributed by atoms with Crippen molar-refractivity contribution in [3.8, 4) is 0 Å². The standard InChI is InChI=1S/C16H20F3NO/c1-10-4-3-7-15(20,9-10)14(21)13-6-5-12(8-11(13)2)16(17,18)19/h5-6,8,10H,3-4,7,9,20H2,1-2H3. The van der Waals surface area contributed by atoms with Crippen LogP contribution in [-0.2, 0) is 6.18 Å². The second-order valence-electron chi connectivity index (χ2n) is 6.21. The van der Waals surface area contributed by atoms with E-state index in [1.165, 1.54) is 13.0 Å². The summed E-state index contributed by atoms with van der Waals surface area (Å²) >= 11 is 0. The number of hydrogen-bond donors (Lipinski definition) is 1. The highest BCUT2D eigenvalue weighted by Gasteiger charge is 2.39. The highest BCUT2D eigenvalue weighted by Crippen LogP contribution is 2.35. The summed E-state index contributed by atoms with van der Waals surface area (Å²) in [5.74, 6) is 0.128. The van der Waals surface area contributed by atoms with Crippen molar-refractivity contribution >= 4 is 5.78 Å². The van der Waals surface area contributed by atoms with Gasteiger partial charge in [0, 0.05) is 5.56 Å². The lowest BCUT2D eigenvalue weighted by molar-refractivity contribution is -0.137. The number of rotatable bonds is 2. The largest absolute Gasteiger partial charge is 0.416 e. The van der Waals surface area contributed by atoms with Crippen LogP contribution in [0.15, 0.2) is 18.2 Å². The molecule has 2 atom stereocenters. The van der Waals surface area contributed by atoms with Crippen molar-refractivity contribution in [2.75, 3.05) is 0 Å². The Bertz CT molecular complexity index is 553. The molecule has 1 saturated carbocycles. The number of carbonyl (C=O) groups is 1. The Balaban J connectivity index is 2.31. The summed E-state index contributed by atoms with van der Waals surface area (Å²) in [5.41, 5.74) is 5.20. The van der Waals surface area contributed by atoms with Crippen molar-refractivity contribution in [2.24, 2.45) is 11.7 Å². The van der Waals surface area contributed by atoms with Crippen molar-refractivity contribution < 1.29 is 18.0 Å². The van der Waals surface area contributed by atoms with Gasteiger partial charge in [-0.3, -0.25) is 4.79 Å². The number of benzene rings is 1. The van der Waals surface area contributed by atoms with E-state index in [1.807, 2.05) is 6.92 Å². The molecule has 5 heteroatoms. The molecule has 0 saturated heterocycles. The van der Waals surface area contributed by atoms with Crippen LogP contribution in [0.5, 0.6) is 0 Å². The predicted molar refractivity (Wildman–Crippen MR) is 75.1 cm³/mol. The van der Waals surface area contributed by atoms with Gasteiger partial charge in [-0.15, -0.1) is 0 Å². The second kappa shape index (κ2) is 5.44. The first-order chi connectivity index (χ1) is 9.63. The van der Waals surface area contributed by atoms with Crippen LogP contribution in [0.3, 0.4) is 0 Å². The molecule has 1 aromatic carbocycles. The average Bonchev–Trinajstić information content (AvgIpc) is 2.36. The van der Waals surface area contributed by atoms with Crippen LogP contribution in [0.4, 0.5) is 13.2 Å². The van der Waals surface area contributed by atoms with E-state index in [2.05, 4.69) is 0 Å². The topological polar surface area (TPSA) is 43.1 Å². The van der Waals surface area contributed by atoms with Gasteiger partial charge in [-0.1, -0.05) is 25.8 Å². The molecule has 0 aromatic heterocycles. The van der Waals surface area contributed by atoms with E-state index in [0.717, 1.165) is 25.0 Å². The van der Waals surface area contributed by atoms with Gasteiger partial charge < -0.3 is 5.73 Å². The predicted octanol–water partition coefficient (Wildman–Crippen LogP) is 4.10. The molecule has 0 radical (unpaired) electrons. The van der Waals surface area contributed by atoms with E-state index in [-0.39, 0.29) is 5.78 Å². The van der Waals surface area contributed by atoms with E-state index in [0.29, 0.717) is 29.9 Å². The first-order valence-electron chi connectivity index (χ1n) is 7.15. The van der Waals surface area contributed by atoms with Crippen molar-refractivity contribution in [1.82, 2.24) is 0 Å². The molecule has 2 unspecified atom stereocenters. The fourth-order valence-electron chi connectivity index (χ4n) is 3.16. The molecule has 2 rings (SSSR count). The molecule has 1 aliphatic rings. The quantitative estimate of drug-likeness (QED) is 0.835. The van der Waals surface area contributed by atoms with E-state index < -0.39 is 17.3 Å². The Labute approximate surface area is 122 Å². The zero-order valence-electron chi connectivity index (χ0n) is 12.3. The van der Waals surface area contributed by atoms with Crippen molar-refractivity contribution in [1.29, 1.82) is 0 Å². The molecule has 0 bridgehead atoms. The highest BCUT2D eigenvalue weighted by atomic mass is 19.4. The molecular formula is C16H20F3NO. The Kier molecular flexibility index (Phi) is 4.15. The van der Waals surface area contributed by atoms with Gasteiger partial charge in [0.1, 0.15) is 0 Å². The van der Waals surface area contributed by atoms with E-state index >= 15 is 0 Å². The number of hydrogen-bond acceptors (Lipinski definition) is 2. The minimum absolute atomic E-state index is 0.236. The number of Topliss-reactive ketones (excluding diaryl/α,β-unsaturated/α-hetero) is 1. The number of halogens is 3. The second-order valence-corrected chi connectivity index (χ2v) is 6.21. The lowest BCUT2D eigenvalue weighted by Gasteiger charge is -2.35. The van der Waals surface area contributed by atoms with Crippen LogP contribution in [0.2, 0.25) is 0 Å². The molecule has 1 aromatic rings. The summed E-state index contributed by atoms with van der Waals surface area (Å²) < 4.78 is 38.0. The maximum Gasteiger partial charge on any atom is 0.416 e. The molecular weight excluding hydrogens is 279 g/mol. The Morgan fingerprint density at radius 1 is 1.38 bits per heavy atom. The summed E-state index contributed by atoms with van der Waals surface area (Å²) in [6.45, 7) is 3.58. The third-order valence-electron chi connectivity index (χ3n) is 4.28. The van der Waals surface area contributed by atoms with E-state index in [4.69, 9.17) is 5.73 Å². The summed E-state index contributed by atoms with van der Waals surface area (Å²) in [6, 6.07) is 3.23. The number of ketones is 1. The summed E-state index contributed by atoms with van der Waals surface area (Å²) in [6.07, 6.45) is -1.30. The van der Waals surface area contributed by atoms with Crippen LogP contribution >= 0.6 is 0 Å². The lowest BCUT2D eigenvalue weighted by Crippen LogP contribution is -2.51. The van der Waals surface area contributed by atoms with Gasteiger partial charge in [0.25, 0.3) is 0 Å². The first kappa shape index (κ1) is 16.0. The van der Waals surface area contributed by atoms with E-state index in [9.17, 15) is 18.0 Å². The number of alkyl halides is 3. The van der Waals surface area contributed by atoms with Crippen LogP contribution in [-0.4, -0.2) is 11.3 Å². The fourth-order valence-corrected chi connectivity index (χ4v) is 3.16. The fraction of sp³-hybridized carbons (Fsp3) is 0.562. The molecule has 21 heavy (non-hydrogen) atoms. The van der Waals surface area contributed by atoms with Crippen molar-refractivity contribution in [3.63, 3.8) is 0 Å². The number of carbonyl (C=O) groups excluding carboxylic acids is 1. The van der Waals surface area contributed by atoms with Crippen LogP contribution in [0.1, 0.15) is 54.1 Å². The zero-order chi connectivity index (χ0) is 15.8. The van der Waals surface area contributed by atoms with E-state index in [1.54, 1.807) is 0 Å². The molecule has 2 nitrogen and oxygen atoms in total. The highest BCUT2D eigenvalue weighted by molar-refractivity contribution is 6.04. The van der Waals surface area contributed by atoms with Crippen LogP contribution in [0, 0.1) is 12.8 Å². The number of aryl methyl sites for hydroxylation is 1. The molecule has 0 aliphatic heterocycles. The molecule has 1 aliphatic carbocycles. The van der Waals surface area contributed by atoms with Gasteiger partial charge in [0.2, 0.25) is 0 Å². The molecule has 0 spiro atoms. The Morgan fingerprint density at radius 2 is 2.05 bits per heavy atom. The summed E-state index contributed by atoms with van der Waals surface area (Å²) in [5, 5.41) is 0. The maximum absolute atomic E-state index is 12.7. The van der Waals surface area contributed by atoms with Crippen molar-refractivity contribution in [2.45, 2.75) is 51.2 Å². The zero-order valence-corrected chi connectivity index (χ0v) is 12.3. The SMILES string of the molecule is Cc1cc(C(F)(F)F)ccc1C(=O)C1(N)CCCC(C)C1. The monoisotopic (exact) mass is 299 g/mol. The third kappa shape index (κ3) is 3.28. The maximum atomic E-state index is 12.7.